The molecule has 0 unspecified atom stereocenters. The molecule has 0 aliphatic heterocycles. The molecule has 5 nitrogen and oxygen atoms in total. The number of benzene rings is 1. The van der Waals surface area contributed by atoms with Crippen LogP contribution in [0.2, 0.25) is 0 Å². The predicted molar refractivity (Wildman–Crippen MR) is 102 cm³/mol. The molecule has 1 aromatic carbocycles. The molecule has 3 aromatic rings. The Morgan fingerprint density at radius 2 is 2.12 bits per heavy atom. The van der Waals surface area contributed by atoms with Crippen molar-refractivity contribution in [3.05, 3.63) is 64.4 Å². The minimum absolute atomic E-state index is 0.00729. The van der Waals surface area contributed by atoms with Crippen molar-refractivity contribution in [2.45, 2.75) is 24.7 Å². The zero-order chi connectivity index (χ0) is 18.4. The summed E-state index contributed by atoms with van der Waals surface area (Å²) in [4.78, 5) is 15.3. The molecule has 0 radical (unpaired) electrons. The summed E-state index contributed by atoms with van der Waals surface area (Å²) in [7, 11) is 1.74. The number of carbonyl (C=O) groups is 1. The van der Waals surface area contributed by atoms with E-state index in [4.69, 9.17) is 0 Å². The number of nitrogens with zero attached hydrogens (tertiary/aromatic N) is 4. The number of halogens is 1. The molecule has 8 heteroatoms. The van der Waals surface area contributed by atoms with Gasteiger partial charge >= 0.3 is 0 Å². The third-order valence-electron chi connectivity index (χ3n) is 3.84. The highest BCUT2D eigenvalue weighted by molar-refractivity contribution is 7.99. The van der Waals surface area contributed by atoms with Gasteiger partial charge in [-0.1, -0.05) is 30.0 Å². The normalized spacial score (nSPS) is 10.8. The van der Waals surface area contributed by atoms with E-state index in [0.717, 1.165) is 23.7 Å². The molecule has 0 bridgehead atoms. The molecule has 2 heterocycles. The second-order valence-corrected chi connectivity index (χ2v) is 7.78. The van der Waals surface area contributed by atoms with E-state index < -0.39 is 0 Å². The number of hydrogen-bond acceptors (Lipinski definition) is 5. The first-order valence-electron chi connectivity index (χ1n) is 8.13. The average Bonchev–Trinajstić information content (AvgIpc) is 3.31. The Balaban J connectivity index is 1.49. The lowest BCUT2D eigenvalue weighted by Crippen LogP contribution is -2.27. The minimum Gasteiger partial charge on any atom is -0.341 e. The van der Waals surface area contributed by atoms with Gasteiger partial charge in [-0.3, -0.25) is 4.79 Å². The Bertz CT molecular complexity index is 833. The van der Waals surface area contributed by atoms with Crippen LogP contribution in [0.15, 0.2) is 53.3 Å². The Morgan fingerprint density at radius 1 is 1.31 bits per heavy atom. The lowest BCUT2D eigenvalue weighted by molar-refractivity contribution is -0.127. The van der Waals surface area contributed by atoms with E-state index in [1.807, 2.05) is 10.6 Å². The number of aryl methyl sites for hydroxylation is 2. The van der Waals surface area contributed by atoms with Gasteiger partial charge in [0.15, 0.2) is 5.16 Å². The first kappa shape index (κ1) is 18.6. The van der Waals surface area contributed by atoms with Crippen molar-refractivity contribution in [3.8, 4) is 0 Å². The van der Waals surface area contributed by atoms with Crippen molar-refractivity contribution >= 4 is 29.0 Å². The zero-order valence-corrected chi connectivity index (χ0v) is 16.0. The highest BCUT2D eigenvalue weighted by Crippen LogP contribution is 2.17. The fourth-order valence-corrected chi connectivity index (χ4v) is 3.96. The SMILES string of the molecule is CN(Cc1ccc(F)cc1)C(=O)CSc1nncn1CCc1cccs1. The molecule has 1 amide bonds. The molecule has 0 aliphatic carbocycles. The van der Waals surface area contributed by atoms with Crippen LogP contribution in [0.3, 0.4) is 0 Å². The second-order valence-electron chi connectivity index (χ2n) is 5.80. The summed E-state index contributed by atoms with van der Waals surface area (Å²) in [6.45, 7) is 1.24. The summed E-state index contributed by atoms with van der Waals surface area (Å²) < 4.78 is 14.9. The van der Waals surface area contributed by atoms with Gasteiger partial charge in [-0.2, -0.15) is 0 Å². The maximum atomic E-state index is 13.0. The first-order valence-corrected chi connectivity index (χ1v) is 10.00. The zero-order valence-electron chi connectivity index (χ0n) is 14.3. The van der Waals surface area contributed by atoms with E-state index in [0.29, 0.717) is 6.54 Å². The Morgan fingerprint density at radius 3 is 2.85 bits per heavy atom. The van der Waals surface area contributed by atoms with Gasteiger partial charge in [-0.15, -0.1) is 21.5 Å². The van der Waals surface area contributed by atoms with Crippen molar-refractivity contribution in [1.29, 1.82) is 0 Å². The van der Waals surface area contributed by atoms with Crippen molar-refractivity contribution < 1.29 is 9.18 Å². The van der Waals surface area contributed by atoms with E-state index in [2.05, 4.69) is 21.6 Å². The molecular formula is C18H19FN4OS2. The van der Waals surface area contributed by atoms with Crippen LogP contribution < -0.4 is 0 Å². The van der Waals surface area contributed by atoms with Crippen LogP contribution in [0.4, 0.5) is 4.39 Å². The Hall–Kier alpha value is -2.19. The van der Waals surface area contributed by atoms with Crippen molar-refractivity contribution in [2.24, 2.45) is 0 Å². The highest BCUT2D eigenvalue weighted by Gasteiger charge is 2.13. The number of rotatable bonds is 8. The summed E-state index contributed by atoms with van der Waals surface area (Å²) >= 11 is 3.11. The van der Waals surface area contributed by atoms with Gasteiger partial charge in [0.05, 0.1) is 5.75 Å². The monoisotopic (exact) mass is 390 g/mol. The summed E-state index contributed by atoms with van der Waals surface area (Å²) in [5.74, 6) is 0.00219. The van der Waals surface area contributed by atoms with Crippen molar-refractivity contribution in [1.82, 2.24) is 19.7 Å². The van der Waals surface area contributed by atoms with E-state index in [1.165, 1.54) is 28.8 Å². The predicted octanol–water partition coefficient (Wildman–Crippen LogP) is 3.47. The molecule has 0 fully saturated rings. The van der Waals surface area contributed by atoms with E-state index >= 15 is 0 Å². The molecule has 0 N–H and O–H groups in total. The van der Waals surface area contributed by atoms with Crippen LogP contribution >= 0.6 is 23.1 Å². The third-order valence-corrected chi connectivity index (χ3v) is 5.74. The standard InChI is InChI=1S/C18H19FN4OS2/c1-22(11-14-4-6-15(19)7-5-14)17(24)12-26-18-21-20-13-23(18)9-8-16-3-2-10-25-16/h2-7,10,13H,8-9,11-12H2,1H3. The topological polar surface area (TPSA) is 51.0 Å². The van der Waals surface area contributed by atoms with Gasteiger partial charge in [-0.25, -0.2) is 4.39 Å². The molecule has 0 atom stereocenters. The fraction of sp³-hybridized carbons (Fsp3) is 0.278. The maximum Gasteiger partial charge on any atom is 0.233 e. The second kappa shape index (κ2) is 8.95. The quantitative estimate of drug-likeness (QED) is 0.553. The van der Waals surface area contributed by atoms with E-state index in [9.17, 15) is 9.18 Å². The minimum atomic E-state index is -0.278. The Labute approximate surface area is 159 Å². The number of thioether (sulfide) groups is 1. The van der Waals surface area contributed by atoms with Crippen molar-refractivity contribution in [2.75, 3.05) is 12.8 Å². The summed E-state index contributed by atoms with van der Waals surface area (Å²) in [5.41, 5.74) is 0.895. The molecule has 0 saturated heterocycles. The third kappa shape index (κ3) is 5.15. The average molecular weight is 391 g/mol. The number of thiophene rings is 1. The fourth-order valence-electron chi connectivity index (χ4n) is 2.38. The molecule has 26 heavy (non-hydrogen) atoms. The van der Waals surface area contributed by atoms with E-state index in [-0.39, 0.29) is 17.5 Å². The van der Waals surface area contributed by atoms with Gasteiger partial charge in [-0.05, 0) is 35.6 Å². The van der Waals surface area contributed by atoms with Crippen LogP contribution in [0.25, 0.3) is 0 Å². The number of amides is 1. The smallest absolute Gasteiger partial charge is 0.233 e. The number of aromatic nitrogens is 3. The van der Waals surface area contributed by atoms with Gasteiger partial charge in [0.2, 0.25) is 5.91 Å². The lowest BCUT2D eigenvalue weighted by atomic mass is 10.2. The van der Waals surface area contributed by atoms with Crippen LogP contribution in [0.1, 0.15) is 10.4 Å². The summed E-state index contributed by atoms with van der Waals surface area (Å²) in [6, 6.07) is 10.3. The number of hydrogen-bond donors (Lipinski definition) is 0. The Kier molecular flexibility index (Phi) is 6.40. The molecular weight excluding hydrogens is 371 g/mol. The first-order chi connectivity index (χ1) is 12.6. The van der Waals surface area contributed by atoms with Crippen molar-refractivity contribution in [3.63, 3.8) is 0 Å². The van der Waals surface area contributed by atoms with Gasteiger partial charge in [0.1, 0.15) is 12.1 Å². The van der Waals surface area contributed by atoms with Crippen LogP contribution in [-0.4, -0.2) is 38.4 Å². The molecule has 136 valence electrons. The molecule has 0 saturated carbocycles. The highest BCUT2D eigenvalue weighted by atomic mass is 32.2. The molecule has 2 aromatic heterocycles. The van der Waals surface area contributed by atoms with Gasteiger partial charge in [0.25, 0.3) is 0 Å². The molecule has 0 aliphatic rings. The summed E-state index contributed by atoms with van der Waals surface area (Å²) in [5, 5.41) is 10.9. The van der Waals surface area contributed by atoms with Gasteiger partial charge < -0.3 is 9.47 Å². The van der Waals surface area contributed by atoms with E-state index in [1.54, 1.807) is 41.7 Å². The van der Waals surface area contributed by atoms with Crippen LogP contribution in [0, 0.1) is 5.82 Å². The number of carbonyl (C=O) groups excluding carboxylic acids is 1. The molecule has 3 rings (SSSR count). The van der Waals surface area contributed by atoms with Gasteiger partial charge in [0, 0.05) is 25.0 Å². The maximum absolute atomic E-state index is 13.0. The lowest BCUT2D eigenvalue weighted by Gasteiger charge is -2.17. The largest absolute Gasteiger partial charge is 0.341 e. The summed E-state index contributed by atoms with van der Waals surface area (Å²) in [6.07, 6.45) is 2.62. The molecule has 0 spiro atoms. The van der Waals surface area contributed by atoms with Crippen LogP contribution in [-0.2, 0) is 24.3 Å². The van der Waals surface area contributed by atoms with Crippen LogP contribution in [0.5, 0.6) is 0 Å².